The quantitative estimate of drug-likeness (QED) is 0.207. The lowest BCUT2D eigenvalue weighted by Gasteiger charge is -2.37. The van der Waals surface area contributed by atoms with E-state index < -0.39 is 29.1 Å². The van der Waals surface area contributed by atoms with Crippen LogP contribution < -0.4 is 4.90 Å². The van der Waals surface area contributed by atoms with Crippen molar-refractivity contribution in [3.63, 3.8) is 0 Å². The summed E-state index contributed by atoms with van der Waals surface area (Å²) in [5.74, 6) is -1.91. The number of carbonyl (C=O) groups excluding carboxylic acids is 3. The monoisotopic (exact) mass is 636 g/mol. The largest absolute Gasteiger partial charge is 0.396 e. The van der Waals surface area contributed by atoms with E-state index >= 15 is 0 Å². The highest BCUT2D eigenvalue weighted by Crippen LogP contribution is 2.64. The van der Waals surface area contributed by atoms with Gasteiger partial charge in [-0.3, -0.25) is 19.3 Å². The molecule has 4 saturated heterocycles. The first-order valence-corrected chi connectivity index (χ1v) is 17.2. The number of rotatable bonds is 17. The molecule has 0 aliphatic carbocycles. The fraction of sp³-hybridized carbons (Fsp3) is 0.639. The predicted molar refractivity (Wildman–Crippen MR) is 177 cm³/mol. The van der Waals surface area contributed by atoms with Gasteiger partial charge in [-0.05, 0) is 44.2 Å². The minimum Gasteiger partial charge on any atom is -0.396 e. The third-order valence-corrected chi connectivity index (χ3v) is 10.6. The second kappa shape index (κ2) is 15.2. The number of amides is 3. The molecule has 3 amide bonds. The van der Waals surface area contributed by atoms with Crippen molar-refractivity contribution in [2.45, 2.75) is 69.1 Å². The van der Waals surface area contributed by atoms with Crippen molar-refractivity contribution in [3.05, 3.63) is 55.6 Å². The number of hydrogen-bond donors (Lipinski definition) is 1. The highest BCUT2D eigenvalue weighted by molar-refractivity contribution is 6.03. The molecule has 2 bridgehead atoms. The fourth-order valence-electron chi connectivity index (χ4n) is 8.30. The van der Waals surface area contributed by atoms with Gasteiger partial charge in [0.2, 0.25) is 17.7 Å². The van der Waals surface area contributed by atoms with E-state index in [0.29, 0.717) is 78.0 Å². The average molecular weight is 637 g/mol. The lowest BCUT2D eigenvalue weighted by molar-refractivity contribution is -0.152. The molecule has 46 heavy (non-hydrogen) atoms. The third kappa shape index (κ3) is 6.41. The van der Waals surface area contributed by atoms with Crippen molar-refractivity contribution in [1.29, 1.82) is 0 Å². The smallest absolute Gasteiger partial charge is 0.248 e. The first-order valence-electron chi connectivity index (χ1n) is 17.2. The van der Waals surface area contributed by atoms with Crippen LogP contribution in [0.25, 0.3) is 0 Å². The summed E-state index contributed by atoms with van der Waals surface area (Å²) in [6.07, 6.45) is 8.27. The fourth-order valence-corrected chi connectivity index (χ4v) is 8.30. The Morgan fingerprint density at radius 3 is 2.39 bits per heavy atom. The minimum atomic E-state index is -1.08. The summed E-state index contributed by atoms with van der Waals surface area (Å²) in [7, 11) is 0. The van der Waals surface area contributed by atoms with Gasteiger partial charge in [0.05, 0.1) is 30.7 Å². The van der Waals surface area contributed by atoms with Crippen LogP contribution in [-0.2, 0) is 23.9 Å². The van der Waals surface area contributed by atoms with Crippen molar-refractivity contribution in [1.82, 2.24) is 14.7 Å². The number of benzene rings is 1. The summed E-state index contributed by atoms with van der Waals surface area (Å²) in [5, 5.41) is 9.27. The number of unbranched alkanes of at least 4 members (excludes halogenated alkanes) is 3. The van der Waals surface area contributed by atoms with Crippen LogP contribution in [0, 0.1) is 11.8 Å². The van der Waals surface area contributed by atoms with E-state index in [1.807, 2.05) is 42.2 Å². The molecule has 10 nitrogen and oxygen atoms in total. The number of hydrogen-bond acceptors (Lipinski definition) is 7. The maximum atomic E-state index is 14.8. The lowest BCUT2D eigenvalue weighted by atomic mass is 9.64. The van der Waals surface area contributed by atoms with Crippen LogP contribution in [-0.4, -0.2) is 120 Å². The van der Waals surface area contributed by atoms with Gasteiger partial charge >= 0.3 is 0 Å². The van der Waals surface area contributed by atoms with Gasteiger partial charge in [0.15, 0.2) is 0 Å². The van der Waals surface area contributed by atoms with Crippen LogP contribution in [0.2, 0.25) is 0 Å². The summed E-state index contributed by atoms with van der Waals surface area (Å²) in [5.41, 5.74) is -1.16. The van der Waals surface area contributed by atoms with E-state index in [-0.39, 0.29) is 24.3 Å². The Labute approximate surface area is 274 Å². The van der Waals surface area contributed by atoms with E-state index in [1.54, 1.807) is 22.0 Å². The summed E-state index contributed by atoms with van der Waals surface area (Å²) in [6, 6.07) is 8.67. The van der Waals surface area contributed by atoms with E-state index in [0.717, 1.165) is 31.6 Å². The number of anilines is 1. The number of fused-ring (bicyclic) bond motifs is 1. The second-order valence-corrected chi connectivity index (χ2v) is 13.1. The number of nitrogens with zero attached hydrogens (tertiary/aromatic N) is 4. The number of likely N-dealkylation sites (tertiary alicyclic amines) is 1. The number of ether oxygens (including phenoxy) is 2. The van der Waals surface area contributed by atoms with Gasteiger partial charge in [0.25, 0.3) is 0 Å². The van der Waals surface area contributed by atoms with E-state index in [9.17, 15) is 19.5 Å². The molecule has 2 unspecified atom stereocenters. The molecule has 4 aliphatic heterocycles. The number of aliphatic hydroxyl groups excluding tert-OH is 1. The van der Waals surface area contributed by atoms with Gasteiger partial charge in [0, 0.05) is 58.1 Å². The Morgan fingerprint density at radius 2 is 1.72 bits per heavy atom. The lowest BCUT2D eigenvalue weighted by Crippen LogP contribution is -2.57. The normalized spacial score (nSPS) is 28.7. The van der Waals surface area contributed by atoms with Gasteiger partial charge in [-0.15, -0.1) is 13.2 Å². The van der Waals surface area contributed by atoms with Crippen molar-refractivity contribution in [2.24, 2.45) is 11.8 Å². The molecule has 0 saturated carbocycles. The van der Waals surface area contributed by atoms with Crippen molar-refractivity contribution < 1.29 is 29.0 Å². The molecule has 0 radical (unpaired) electrons. The molecule has 5 atom stereocenters. The SMILES string of the molecule is C=CCN(CCN1CCOCC1)C(=O)C1N(CCCCCCO)C(=O)[C@@H]2[C@H](C(=O)N(CC=C)c3ccccc3)[C@]3(CC)CCC12O3. The summed E-state index contributed by atoms with van der Waals surface area (Å²) in [6.45, 7) is 15.3. The molecule has 5 rings (SSSR count). The van der Waals surface area contributed by atoms with E-state index in [4.69, 9.17) is 9.47 Å². The van der Waals surface area contributed by atoms with E-state index in [1.165, 1.54) is 0 Å². The van der Waals surface area contributed by atoms with Crippen molar-refractivity contribution in [3.8, 4) is 0 Å². The van der Waals surface area contributed by atoms with Crippen LogP contribution in [0.4, 0.5) is 5.69 Å². The first-order chi connectivity index (χ1) is 22.4. The molecular formula is C36H52N4O6. The average Bonchev–Trinajstić information content (AvgIpc) is 3.69. The zero-order valence-electron chi connectivity index (χ0n) is 27.5. The molecule has 4 fully saturated rings. The molecule has 252 valence electrons. The standard InChI is InChI=1S/C36H52N4O6/c1-4-18-38(22-21-37-23-26-45-27-24-37)34(44)31-36-17-16-35(6-3,46-36)29(30(36)33(43)40(31)20-12-7-8-13-25-41)32(42)39(19-5-2)28-14-10-9-11-15-28/h4-5,9-11,14-15,29-31,41H,1-2,6-8,12-13,16-27H2,3H3/t29-,30+,31?,35+,36?/m1/s1. The molecule has 1 N–H and O–H groups in total. The Kier molecular flexibility index (Phi) is 11.4. The first kappa shape index (κ1) is 34.3. The molecule has 4 heterocycles. The van der Waals surface area contributed by atoms with Crippen LogP contribution in [0.3, 0.4) is 0 Å². The van der Waals surface area contributed by atoms with Crippen LogP contribution in [0.1, 0.15) is 51.9 Å². The molecule has 1 aromatic rings. The Hall–Kier alpha value is -3.05. The maximum absolute atomic E-state index is 14.8. The van der Waals surface area contributed by atoms with Crippen LogP contribution in [0.15, 0.2) is 55.6 Å². The molecular weight excluding hydrogens is 584 g/mol. The Bertz CT molecular complexity index is 1240. The summed E-state index contributed by atoms with van der Waals surface area (Å²) >= 11 is 0. The zero-order valence-corrected chi connectivity index (χ0v) is 27.5. The second-order valence-electron chi connectivity index (χ2n) is 13.1. The predicted octanol–water partition coefficient (Wildman–Crippen LogP) is 3.26. The molecule has 10 heteroatoms. The number of aliphatic hydroxyl groups is 1. The van der Waals surface area contributed by atoms with Crippen molar-refractivity contribution in [2.75, 3.05) is 70.5 Å². The number of carbonyl (C=O) groups is 3. The molecule has 0 aromatic heterocycles. The molecule has 4 aliphatic rings. The number of morpholine rings is 1. The highest BCUT2D eigenvalue weighted by Gasteiger charge is 2.79. The van der Waals surface area contributed by atoms with Crippen molar-refractivity contribution >= 4 is 23.4 Å². The van der Waals surface area contributed by atoms with Gasteiger partial charge in [0.1, 0.15) is 11.6 Å². The van der Waals surface area contributed by atoms with Gasteiger partial charge < -0.3 is 29.3 Å². The zero-order chi connectivity index (χ0) is 32.7. The Balaban J connectivity index is 1.49. The molecule has 1 aromatic carbocycles. The van der Waals surface area contributed by atoms with Gasteiger partial charge in [-0.25, -0.2) is 0 Å². The third-order valence-electron chi connectivity index (χ3n) is 10.6. The minimum absolute atomic E-state index is 0.133. The van der Waals surface area contributed by atoms with Crippen LogP contribution >= 0.6 is 0 Å². The van der Waals surface area contributed by atoms with Gasteiger partial charge in [-0.2, -0.15) is 0 Å². The van der Waals surface area contributed by atoms with Crippen LogP contribution in [0.5, 0.6) is 0 Å². The number of para-hydroxylation sites is 1. The highest BCUT2D eigenvalue weighted by atomic mass is 16.5. The van der Waals surface area contributed by atoms with E-state index in [2.05, 4.69) is 18.1 Å². The van der Waals surface area contributed by atoms with Gasteiger partial charge in [-0.1, -0.05) is 50.1 Å². The topological polar surface area (TPSA) is 103 Å². The Morgan fingerprint density at radius 1 is 1.00 bits per heavy atom. The summed E-state index contributed by atoms with van der Waals surface area (Å²) < 4.78 is 12.6. The maximum Gasteiger partial charge on any atom is 0.248 e. The summed E-state index contributed by atoms with van der Waals surface area (Å²) in [4.78, 5) is 51.7. The molecule has 1 spiro atoms.